The van der Waals surface area contributed by atoms with Crippen LogP contribution in [-0.2, 0) is 0 Å². The number of nitrogens with zero attached hydrogens (tertiary/aromatic N) is 2. The number of amides is 2. The first-order valence-electron chi connectivity index (χ1n) is 7.67. The predicted octanol–water partition coefficient (Wildman–Crippen LogP) is 3.58. The number of imide groups is 1. The van der Waals surface area contributed by atoms with Gasteiger partial charge in [-0.1, -0.05) is 15.9 Å². The molecule has 2 aliphatic heterocycles. The molecular weight excluding hydrogens is 360 g/mol. The minimum Gasteiger partial charge on any atom is -0.371 e. The lowest BCUT2D eigenvalue weighted by Gasteiger charge is -2.31. The van der Waals surface area contributed by atoms with Crippen LogP contribution in [0.2, 0.25) is 0 Å². The van der Waals surface area contributed by atoms with Gasteiger partial charge in [0.1, 0.15) is 0 Å². The lowest BCUT2D eigenvalue weighted by atomic mass is 9.93. The Hall–Kier alpha value is -1.92. The maximum Gasteiger partial charge on any atom is 0.285 e. The molecule has 0 atom stereocenters. The number of carbonyl (C=O) groups excluding carboxylic acids is 2. The average Bonchev–Trinajstić information content (AvgIpc) is 2.57. The molecule has 2 aliphatic rings. The molecule has 5 nitrogen and oxygen atoms in total. The topological polar surface area (TPSA) is 60.9 Å². The molecule has 0 unspecified atom stereocenters. The van der Waals surface area contributed by atoms with Crippen molar-refractivity contribution in [2.75, 3.05) is 18.0 Å². The van der Waals surface area contributed by atoms with Crippen LogP contribution in [0, 0.1) is 0 Å². The zero-order valence-electron chi connectivity index (χ0n) is 12.4. The first-order valence-corrected chi connectivity index (χ1v) is 8.46. The van der Waals surface area contributed by atoms with Crippen LogP contribution < -0.4 is 4.90 Å². The van der Waals surface area contributed by atoms with Gasteiger partial charge in [-0.3, -0.25) is 14.8 Å². The Kier molecular flexibility index (Phi) is 3.39. The summed E-state index contributed by atoms with van der Waals surface area (Å²) in [4.78, 5) is 26.8. The van der Waals surface area contributed by atoms with Crippen LogP contribution in [0.4, 0.5) is 5.69 Å². The highest BCUT2D eigenvalue weighted by molar-refractivity contribution is 9.10. The molecule has 4 rings (SSSR count). The molecule has 0 bridgehead atoms. The predicted molar refractivity (Wildman–Crippen MR) is 90.0 cm³/mol. The second-order valence-corrected chi connectivity index (χ2v) is 6.89. The summed E-state index contributed by atoms with van der Waals surface area (Å²) in [6.07, 6.45) is 3.52. The summed E-state index contributed by atoms with van der Waals surface area (Å²) in [6, 6.07) is 7.23. The van der Waals surface area contributed by atoms with Gasteiger partial charge in [0.15, 0.2) is 0 Å². The Morgan fingerprint density at radius 1 is 0.957 bits per heavy atom. The minimum absolute atomic E-state index is 0.199. The van der Waals surface area contributed by atoms with Crippen molar-refractivity contribution in [2.24, 2.45) is 0 Å². The molecule has 0 radical (unpaired) electrons. The molecule has 2 aromatic carbocycles. The number of hydrogen-bond acceptors (Lipinski definition) is 4. The van der Waals surface area contributed by atoms with E-state index in [2.05, 4.69) is 20.8 Å². The third-order valence-electron chi connectivity index (χ3n) is 4.60. The third-order valence-corrected chi connectivity index (χ3v) is 5.06. The van der Waals surface area contributed by atoms with Crippen molar-refractivity contribution in [3.63, 3.8) is 0 Å². The van der Waals surface area contributed by atoms with Gasteiger partial charge < -0.3 is 4.90 Å². The number of benzene rings is 2. The molecule has 2 aromatic rings. The zero-order chi connectivity index (χ0) is 16.1. The molecule has 0 aromatic heterocycles. The molecule has 0 spiro atoms. The van der Waals surface area contributed by atoms with Crippen molar-refractivity contribution in [3.8, 4) is 0 Å². The largest absolute Gasteiger partial charge is 0.371 e. The lowest BCUT2D eigenvalue weighted by molar-refractivity contribution is -0.0377. The van der Waals surface area contributed by atoms with Gasteiger partial charge in [0.2, 0.25) is 0 Å². The summed E-state index contributed by atoms with van der Waals surface area (Å²) in [7, 11) is 0. The van der Waals surface area contributed by atoms with Gasteiger partial charge in [0.25, 0.3) is 11.8 Å². The lowest BCUT2D eigenvalue weighted by Crippen LogP contribution is -2.38. The molecule has 23 heavy (non-hydrogen) atoms. The van der Waals surface area contributed by atoms with Gasteiger partial charge >= 0.3 is 0 Å². The van der Waals surface area contributed by atoms with E-state index in [4.69, 9.17) is 0 Å². The number of anilines is 1. The zero-order valence-corrected chi connectivity index (χ0v) is 14.0. The maximum absolute atomic E-state index is 12.3. The fraction of sp³-hybridized carbons (Fsp3) is 0.294. The van der Waals surface area contributed by atoms with Crippen LogP contribution in [-0.4, -0.2) is 35.2 Å². The first kappa shape index (κ1) is 14.7. The summed E-state index contributed by atoms with van der Waals surface area (Å²) < 4.78 is 0.756. The van der Waals surface area contributed by atoms with Gasteiger partial charge in [0, 0.05) is 34.0 Å². The van der Waals surface area contributed by atoms with E-state index in [1.807, 2.05) is 12.1 Å². The van der Waals surface area contributed by atoms with Crippen molar-refractivity contribution in [1.82, 2.24) is 5.06 Å². The molecule has 2 amide bonds. The Morgan fingerprint density at radius 2 is 1.65 bits per heavy atom. The highest BCUT2D eigenvalue weighted by Crippen LogP contribution is 2.38. The Morgan fingerprint density at radius 3 is 2.39 bits per heavy atom. The summed E-state index contributed by atoms with van der Waals surface area (Å²) in [5.74, 6) is -1.34. The summed E-state index contributed by atoms with van der Waals surface area (Å²) in [5, 5.41) is 11.5. The number of carbonyl (C=O) groups is 2. The number of halogens is 1. The standard InChI is InChI=1S/C17H15BrN2O3/c18-10-8-12-14(19-6-2-1-3-7-19)5-4-11-15(12)13(9-10)17(22)20(23)16(11)21/h4-5,8-9,23H,1-3,6-7H2. The molecule has 1 N–H and O–H groups in total. The first-order chi connectivity index (χ1) is 11.1. The monoisotopic (exact) mass is 374 g/mol. The second-order valence-electron chi connectivity index (χ2n) is 5.98. The summed E-state index contributed by atoms with van der Waals surface area (Å²) in [5.41, 5.74) is 1.76. The van der Waals surface area contributed by atoms with E-state index in [0.29, 0.717) is 16.5 Å². The smallest absolute Gasteiger partial charge is 0.285 e. The molecule has 2 heterocycles. The van der Waals surface area contributed by atoms with Gasteiger partial charge in [-0.25, -0.2) is 0 Å². The van der Waals surface area contributed by atoms with E-state index < -0.39 is 11.8 Å². The number of rotatable bonds is 1. The molecular formula is C17H15BrN2O3. The van der Waals surface area contributed by atoms with Gasteiger partial charge in [-0.05, 0) is 43.5 Å². The van der Waals surface area contributed by atoms with Gasteiger partial charge in [0.05, 0.1) is 11.1 Å². The van der Waals surface area contributed by atoms with Gasteiger partial charge in [-0.2, -0.15) is 0 Å². The minimum atomic E-state index is -0.676. The van der Waals surface area contributed by atoms with Crippen molar-refractivity contribution < 1.29 is 14.8 Å². The molecule has 6 heteroatoms. The summed E-state index contributed by atoms with van der Waals surface area (Å²) >= 11 is 3.44. The Labute approximate surface area is 141 Å². The fourth-order valence-electron chi connectivity index (χ4n) is 3.51. The maximum atomic E-state index is 12.3. The highest BCUT2D eigenvalue weighted by atomic mass is 79.9. The third kappa shape index (κ3) is 2.16. The van der Waals surface area contributed by atoms with E-state index in [1.165, 1.54) is 6.42 Å². The van der Waals surface area contributed by atoms with E-state index >= 15 is 0 Å². The molecule has 0 aliphatic carbocycles. The van der Waals surface area contributed by atoms with Crippen LogP contribution in [0.1, 0.15) is 40.0 Å². The SMILES string of the molecule is O=C1c2ccc(N3CCCCC3)c3cc(Br)cc(c23)C(=O)N1O. The van der Waals surface area contributed by atoms with E-state index in [1.54, 1.807) is 12.1 Å². The number of hydroxylamine groups is 2. The van der Waals surface area contributed by atoms with Crippen LogP contribution >= 0.6 is 15.9 Å². The Balaban J connectivity index is 2.02. The molecule has 1 fully saturated rings. The normalized spacial score (nSPS) is 18.0. The van der Waals surface area contributed by atoms with E-state index in [9.17, 15) is 14.8 Å². The number of piperidine rings is 1. The van der Waals surface area contributed by atoms with Crippen LogP contribution in [0.5, 0.6) is 0 Å². The highest BCUT2D eigenvalue weighted by Gasteiger charge is 2.33. The fourth-order valence-corrected chi connectivity index (χ4v) is 3.97. The van der Waals surface area contributed by atoms with E-state index in [0.717, 1.165) is 41.5 Å². The average molecular weight is 375 g/mol. The van der Waals surface area contributed by atoms with Gasteiger partial charge in [-0.15, -0.1) is 5.06 Å². The van der Waals surface area contributed by atoms with Crippen LogP contribution in [0.3, 0.4) is 0 Å². The molecule has 118 valence electrons. The van der Waals surface area contributed by atoms with E-state index in [-0.39, 0.29) is 5.06 Å². The van der Waals surface area contributed by atoms with Crippen molar-refractivity contribution >= 4 is 44.2 Å². The molecule has 0 saturated carbocycles. The van der Waals surface area contributed by atoms with Crippen LogP contribution in [0.15, 0.2) is 28.7 Å². The van der Waals surface area contributed by atoms with Crippen LogP contribution in [0.25, 0.3) is 10.8 Å². The Bertz CT molecular complexity index is 843. The molecule has 1 saturated heterocycles. The van der Waals surface area contributed by atoms with Crippen molar-refractivity contribution in [2.45, 2.75) is 19.3 Å². The van der Waals surface area contributed by atoms with Crippen molar-refractivity contribution in [3.05, 3.63) is 39.9 Å². The number of hydrogen-bond donors (Lipinski definition) is 1. The summed E-state index contributed by atoms with van der Waals surface area (Å²) in [6.45, 7) is 1.95. The second kappa shape index (κ2) is 5.32. The quantitative estimate of drug-likeness (QED) is 0.612. The van der Waals surface area contributed by atoms with Crippen molar-refractivity contribution in [1.29, 1.82) is 0 Å².